The van der Waals surface area contributed by atoms with Crippen molar-refractivity contribution >= 4 is 69.4 Å². The van der Waals surface area contributed by atoms with E-state index in [1.165, 1.54) is 12.3 Å². The third-order valence-corrected chi connectivity index (χ3v) is 6.69. The first-order chi connectivity index (χ1) is 17.0. The lowest BCUT2D eigenvalue weighted by Gasteiger charge is -2.49. The average Bonchev–Trinajstić information content (AvgIpc) is 3.22. The number of hydrogen-bond acceptors (Lipinski definition) is 13. The van der Waals surface area contributed by atoms with Crippen molar-refractivity contribution in [2.24, 2.45) is 10.9 Å². The third-order valence-electron chi connectivity index (χ3n) is 4.68. The zero-order chi connectivity index (χ0) is 26.6. The highest BCUT2D eigenvalue weighted by Gasteiger charge is 2.54. The number of nitrogens with zero attached hydrogens (tertiary/aromatic N) is 3. The number of carboxylic acids is 1. The van der Waals surface area contributed by atoms with E-state index in [9.17, 15) is 33.9 Å². The molecule has 0 saturated carbocycles. The maximum atomic E-state index is 12.9. The second-order valence-electron chi connectivity index (χ2n) is 7.41. The van der Waals surface area contributed by atoms with Gasteiger partial charge < -0.3 is 31.5 Å². The maximum Gasteiger partial charge on any atom is 0.352 e. The monoisotopic (exact) mass is 540 g/mol. The lowest BCUT2D eigenvalue weighted by atomic mass is 10.0. The Hall–Kier alpha value is -3.99. The van der Waals surface area contributed by atoms with E-state index >= 15 is 0 Å². The number of anilines is 1. The minimum atomic E-state index is -1.42. The number of fused-ring (bicyclic) bond motifs is 1. The molecule has 0 unspecified atom stereocenters. The summed E-state index contributed by atoms with van der Waals surface area (Å²) in [4.78, 5) is 80.9. The summed E-state index contributed by atoms with van der Waals surface area (Å²) < 4.78 is 4.96. The number of hydrogen-bond donors (Lipinski definition) is 4. The fraction of sp³-hybridized carbons (Fsp3) is 0.368. The van der Waals surface area contributed by atoms with Gasteiger partial charge in [-0.05, 0) is 6.92 Å². The van der Waals surface area contributed by atoms with Crippen LogP contribution in [-0.2, 0) is 38.3 Å². The minimum absolute atomic E-state index is 0.0279. The Labute approximate surface area is 210 Å². The van der Waals surface area contributed by atoms with Gasteiger partial charge in [-0.3, -0.25) is 28.9 Å². The smallest absolute Gasteiger partial charge is 0.352 e. The number of aromatic nitrogens is 1. The van der Waals surface area contributed by atoms with E-state index in [0.29, 0.717) is 0 Å². The molecule has 36 heavy (non-hydrogen) atoms. The number of carbonyl (C=O) groups excluding carboxylic acids is 5. The number of aliphatic carboxylic acids is 1. The van der Waals surface area contributed by atoms with Crippen molar-refractivity contribution in [3.05, 3.63) is 22.3 Å². The van der Waals surface area contributed by atoms with Crippen LogP contribution in [-0.4, -0.2) is 86.5 Å². The largest absolute Gasteiger partial charge is 0.477 e. The summed E-state index contributed by atoms with van der Waals surface area (Å²) in [6.07, 6.45) is -0.458. The van der Waals surface area contributed by atoms with E-state index in [-0.39, 0.29) is 33.6 Å². The van der Waals surface area contributed by atoms with Crippen molar-refractivity contribution in [2.45, 2.75) is 24.8 Å². The van der Waals surface area contributed by atoms with Crippen LogP contribution in [0.25, 0.3) is 0 Å². The van der Waals surface area contributed by atoms with E-state index < -0.39 is 66.5 Å². The minimum Gasteiger partial charge on any atom is -0.477 e. The molecule has 3 rings (SSSR count). The van der Waals surface area contributed by atoms with Crippen molar-refractivity contribution in [3.8, 4) is 0 Å². The van der Waals surface area contributed by atoms with E-state index in [1.54, 1.807) is 0 Å². The van der Waals surface area contributed by atoms with Crippen LogP contribution in [0.3, 0.4) is 0 Å². The molecule has 0 aliphatic carbocycles. The molecule has 17 heteroatoms. The van der Waals surface area contributed by atoms with Gasteiger partial charge in [-0.2, -0.15) is 0 Å². The number of ether oxygens (including phenoxy) is 1. The molecule has 2 aliphatic heterocycles. The Morgan fingerprint density at radius 3 is 2.64 bits per heavy atom. The molecule has 2 aliphatic rings. The van der Waals surface area contributed by atoms with Gasteiger partial charge in [-0.25, -0.2) is 9.78 Å². The van der Waals surface area contributed by atoms with E-state index in [4.69, 9.17) is 21.0 Å². The molecule has 1 aromatic heterocycles. The highest BCUT2D eigenvalue weighted by atomic mass is 32.2. The van der Waals surface area contributed by atoms with Gasteiger partial charge in [0.1, 0.15) is 41.6 Å². The molecule has 3 amide bonds. The van der Waals surface area contributed by atoms with Gasteiger partial charge in [0.05, 0.1) is 0 Å². The maximum absolute atomic E-state index is 12.9. The molecule has 15 nitrogen and oxygen atoms in total. The number of ketones is 1. The quantitative estimate of drug-likeness (QED) is 0.0799. The summed E-state index contributed by atoms with van der Waals surface area (Å²) in [5.74, 6) is -5.01. The molecular formula is C19H20N6O9S2. The van der Waals surface area contributed by atoms with E-state index in [2.05, 4.69) is 15.5 Å². The Morgan fingerprint density at radius 1 is 1.33 bits per heavy atom. The molecular weight excluding hydrogens is 520 g/mol. The summed E-state index contributed by atoms with van der Waals surface area (Å²) in [6, 6.07) is -1.11. The number of primary amides is 1. The van der Waals surface area contributed by atoms with Crippen LogP contribution in [0.2, 0.25) is 0 Å². The first-order valence-electron chi connectivity index (χ1n) is 10.0. The first-order valence-corrected chi connectivity index (χ1v) is 12.0. The number of carboxylic acid groups (broad SMARTS) is 1. The molecule has 192 valence electrons. The highest BCUT2D eigenvalue weighted by molar-refractivity contribution is 8.00. The molecule has 0 spiro atoms. The Bertz CT molecular complexity index is 1190. The van der Waals surface area contributed by atoms with Gasteiger partial charge in [0.15, 0.2) is 17.5 Å². The number of β-lactam (4-membered cyclic amide) rings is 1. The number of carbonyl (C=O) groups is 6. The van der Waals surface area contributed by atoms with Crippen molar-refractivity contribution in [2.75, 3.05) is 24.7 Å². The number of nitrogens with two attached hydrogens (primary N) is 2. The molecule has 2 atom stereocenters. The van der Waals surface area contributed by atoms with Gasteiger partial charge >= 0.3 is 11.9 Å². The standard InChI is InChI=1S/C19H20N6O9S2/c1-7(26)2-11(28)33-3-8-5-35-17-13(16(30)25(17)14(8)18(31)32)23-15(29)12(24-34-4-10(20)27)9-6-36-19(21)22-9/h6,13,17H,2-5H2,1H3,(H2,20,27)(H2,21,22)(H,23,29)(H,31,32)/b24-12+/t13-,17-/m1/s1. The molecule has 0 radical (unpaired) electrons. The fourth-order valence-corrected chi connectivity index (χ4v) is 5.06. The van der Waals surface area contributed by atoms with Gasteiger partial charge in [0.2, 0.25) is 0 Å². The van der Waals surface area contributed by atoms with Gasteiger partial charge in [-0.15, -0.1) is 23.1 Å². The number of oxime groups is 1. The molecule has 0 bridgehead atoms. The summed E-state index contributed by atoms with van der Waals surface area (Å²) in [5, 5.41) is 16.5. The first kappa shape index (κ1) is 26.6. The van der Waals surface area contributed by atoms with Crippen LogP contribution in [0.5, 0.6) is 0 Å². The van der Waals surface area contributed by atoms with E-state index in [0.717, 1.165) is 28.0 Å². The SMILES string of the molecule is CC(=O)CC(=O)OCC1=C(C(=O)O)N2C(=O)[C@@H](NC(=O)/C(=N/OCC(N)=O)c3csc(N)n3)[C@H]2SC1. The summed E-state index contributed by atoms with van der Waals surface area (Å²) in [7, 11) is 0. The van der Waals surface area contributed by atoms with Crippen LogP contribution in [0, 0.1) is 0 Å². The van der Waals surface area contributed by atoms with Crippen LogP contribution in [0.1, 0.15) is 19.0 Å². The van der Waals surface area contributed by atoms with Crippen molar-refractivity contribution in [1.29, 1.82) is 0 Å². The van der Waals surface area contributed by atoms with Crippen molar-refractivity contribution in [3.63, 3.8) is 0 Å². The molecule has 1 saturated heterocycles. The highest BCUT2D eigenvalue weighted by Crippen LogP contribution is 2.40. The lowest BCUT2D eigenvalue weighted by molar-refractivity contribution is -0.150. The predicted molar refractivity (Wildman–Crippen MR) is 124 cm³/mol. The second kappa shape index (κ2) is 11.2. The number of rotatable bonds is 11. The second-order valence-corrected chi connectivity index (χ2v) is 9.40. The molecule has 0 aromatic carbocycles. The Balaban J connectivity index is 1.74. The van der Waals surface area contributed by atoms with Crippen LogP contribution < -0.4 is 16.8 Å². The number of amides is 3. The lowest BCUT2D eigenvalue weighted by Crippen LogP contribution is -2.71. The van der Waals surface area contributed by atoms with Gasteiger partial charge in [0.25, 0.3) is 17.7 Å². The van der Waals surface area contributed by atoms with Crippen molar-refractivity contribution in [1.82, 2.24) is 15.2 Å². The summed E-state index contributed by atoms with van der Waals surface area (Å²) >= 11 is 2.15. The normalized spacial score (nSPS) is 19.2. The molecule has 3 heterocycles. The molecule has 1 fully saturated rings. The zero-order valence-corrected chi connectivity index (χ0v) is 20.2. The predicted octanol–water partition coefficient (Wildman–Crippen LogP) is -1.81. The Morgan fingerprint density at radius 2 is 2.06 bits per heavy atom. The van der Waals surface area contributed by atoms with Crippen LogP contribution >= 0.6 is 23.1 Å². The zero-order valence-electron chi connectivity index (χ0n) is 18.6. The summed E-state index contributed by atoms with van der Waals surface area (Å²) in [5.41, 5.74) is 10.0. The summed E-state index contributed by atoms with van der Waals surface area (Å²) in [6.45, 7) is 0.186. The number of nitrogen functional groups attached to an aromatic ring is 1. The molecule has 6 N–H and O–H groups in total. The average molecular weight is 541 g/mol. The van der Waals surface area contributed by atoms with Crippen molar-refractivity contribution < 1.29 is 43.4 Å². The number of thioether (sulfide) groups is 1. The topological polar surface area (TPSA) is 234 Å². The Kier molecular flexibility index (Phi) is 8.25. The fourth-order valence-electron chi connectivity index (χ4n) is 3.19. The number of thiazole rings is 1. The number of nitrogens with one attached hydrogen (secondary N) is 1. The number of Topliss-reactive ketones (excluding diaryl/α,β-unsaturated/α-hetero) is 1. The van der Waals surface area contributed by atoms with E-state index in [1.807, 2.05) is 0 Å². The molecule has 1 aromatic rings. The van der Waals surface area contributed by atoms with Gasteiger partial charge in [0, 0.05) is 16.7 Å². The van der Waals surface area contributed by atoms with Gasteiger partial charge in [-0.1, -0.05) is 5.16 Å². The third kappa shape index (κ3) is 5.98. The number of esters is 1. The van der Waals surface area contributed by atoms with Crippen LogP contribution in [0.4, 0.5) is 5.13 Å². The van der Waals surface area contributed by atoms with Crippen LogP contribution in [0.15, 0.2) is 21.8 Å².